The largest absolute Gasteiger partial charge is 0.343 e. The summed E-state index contributed by atoms with van der Waals surface area (Å²) in [6.45, 7) is 5.40. The van der Waals surface area contributed by atoms with E-state index in [1.165, 1.54) is 28.2 Å². The molecule has 130 valence electrons. The molecule has 0 saturated heterocycles. The van der Waals surface area contributed by atoms with Gasteiger partial charge in [-0.05, 0) is 49.2 Å². The standard InChI is InChI=1S/C24H24N2/c1-19-18-25(22-14-8-4-9-15-22)24(21-12-6-3-7-13-21)26(20(19)2)23-16-10-5-11-17-23/h3-17,24H,18H2,1-2H3. The number of benzene rings is 3. The molecule has 0 aromatic heterocycles. The van der Waals surface area contributed by atoms with Gasteiger partial charge < -0.3 is 9.80 Å². The molecule has 0 saturated carbocycles. The van der Waals surface area contributed by atoms with Crippen molar-refractivity contribution in [2.75, 3.05) is 16.3 Å². The predicted molar refractivity (Wildman–Crippen MR) is 110 cm³/mol. The highest BCUT2D eigenvalue weighted by molar-refractivity contribution is 5.62. The van der Waals surface area contributed by atoms with Gasteiger partial charge in [-0.25, -0.2) is 0 Å². The molecule has 26 heavy (non-hydrogen) atoms. The number of hydrogen-bond acceptors (Lipinski definition) is 2. The van der Waals surface area contributed by atoms with Gasteiger partial charge in [-0.15, -0.1) is 0 Å². The Morgan fingerprint density at radius 3 is 1.73 bits per heavy atom. The van der Waals surface area contributed by atoms with Crippen molar-refractivity contribution in [3.63, 3.8) is 0 Å². The molecule has 4 rings (SSSR count). The number of nitrogens with zero attached hydrogens (tertiary/aromatic N) is 2. The highest BCUT2D eigenvalue weighted by Crippen LogP contribution is 2.40. The van der Waals surface area contributed by atoms with E-state index in [4.69, 9.17) is 0 Å². The van der Waals surface area contributed by atoms with Crippen molar-refractivity contribution >= 4 is 11.4 Å². The van der Waals surface area contributed by atoms with Gasteiger partial charge in [0.05, 0.1) is 0 Å². The summed E-state index contributed by atoms with van der Waals surface area (Å²) in [5.41, 5.74) is 6.49. The van der Waals surface area contributed by atoms with Crippen LogP contribution in [-0.2, 0) is 0 Å². The molecule has 0 fully saturated rings. The summed E-state index contributed by atoms with van der Waals surface area (Å²) in [6.07, 6.45) is 0.129. The van der Waals surface area contributed by atoms with Crippen molar-refractivity contribution in [2.24, 2.45) is 0 Å². The first-order valence-electron chi connectivity index (χ1n) is 9.13. The molecule has 0 spiro atoms. The fraction of sp³-hybridized carbons (Fsp3) is 0.167. The first-order chi connectivity index (χ1) is 12.8. The molecule has 1 heterocycles. The van der Waals surface area contributed by atoms with Crippen LogP contribution in [0.25, 0.3) is 0 Å². The van der Waals surface area contributed by atoms with E-state index in [2.05, 4.69) is 115 Å². The van der Waals surface area contributed by atoms with Crippen LogP contribution in [0.5, 0.6) is 0 Å². The van der Waals surface area contributed by atoms with Crippen LogP contribution in [0.3, 0.4) is 0 Å². The van der Waals surface area contributed by atoms with Crippen LogP contribution < -0.4 is 9.80 Å². The molecular formula is C24H24N2. The third-order valence-corrected chi connectivity index (χ3v) is 5.15. The Bertz CT molecular complexity index is 885. The zero-order chi connectivity index (χ0) is 17.9. The molecule has 0 radical (unpaired) electrons. The molecule has 3 aromatic carbocycles. The van der Waals surface area contributed by atoms with Crippen LogP contribution in [0.2, 0.25) is 0 Å². The third-order valence-electron chi connectivity index (χ3n) is 5.15. The fourth-order valence-electron chi connectivity index (χ4n) is 3.71. The maximum Gasteiger partial charge on any atom is 0.132 e. The van der Waals surface area contributed by atoms with Gasteiger partial charge in [0.25, 0.3) is 0 Å². The molecule has 2 nitrogen and oxygen atoms in total. The Balaban J connectivity index is 1.90. The summed E-state index contributed by atoms with van der Waals surface area (Å²) in [5, 5.41) is 0. The average Bonchev–Trinajstić information content (AvgIpc) is 2.71. The molecule has 0 amide bonds. The van der Waals surface area contributed by atoms with Gasteiger partial charge >= 0.3 is 0 Å². The van der Waals surface area contributed by atoms with Gasteiger partial charge in [-0.3, -0.25) is 0 Å². The van der Waals surface area contributed by atoms with Gasteiger partial charge in [0.15, 0.2) is 0 Å². The van der Waals surface area contributed by atoms with Crippen LogP contribution >= 0.6 is 0 Å². The summed E-state index contributed by atoms with van der Waals surface area (Å²) in [7, 11) is 0. The van der Waals surface area contributed by atoms with Crippen molar-refractivity contribution in [3.05, 3.63) is 108 Å². The van der Waals surface area contributed by atoms with Gasteiger partial charge in [-0.1, -0.05) is 66.7 Å². The second-order valence-corrected chi connectivity index (χ2v) is 6.82. The average molecular weight is 340 g/mol. The minimum atomic E-state index is 0.129. The third kappa shape index (κ3) is 2.99. The Hall–Kier alpha value is -3.00. The summed E-state index contributed by atoms with van der Waals surface area (Å²) in [6, 6.07) is 32.2. The van der Waals surface area contributed by atoms with E-state index in [0.29, 0.717) is 0 Å². The van der Waals surface area contributed by atoms with Crippen LogP contribution in [0.1, 0.15) is 25.6 Å². The molecule has 1 unspecified atom stereocenters. The van der Waals surface area contributed by atoms with Crippen LogP contribution in [0, 0.1) is 0 Å². The van der Waals surface area contributed by atoms with Crippen LogP contribution in [-0.4, -0.2) is 6.54 Å². The van der Waals surface area contributed by atoms with Crippen molar-refractivity contribution in [3.8, 4) is 0 Å². The lowest BCUT2D eigenvalue weighted by atomic mass is 10.0. The number of hydrogen-bond donors (Lipinski definition) is 0. The second kappa shape index (κ2) is 7.09. The molecular weight excluding hydrogens is 316 g/mol. The monoisotopic (exact) mass is 340 g/mol. The minimum absolute atomic E-state index is 0.129. The highest BCUT2D eigenvalue weighted by atomic mass is 15.4. The molecule has 1 atom stereocenters. The summed E-state index contributed by atoms with van der Waals surface area (Å²) in [4.78, 5) is 4.95. The Morgan fingerprint density at radius 2 is 1.15 bits per heavy atom. The van der Waals surface area contributed by atoms with Crippen LogP contribution in [0.15, 0.2) is 102 Å². The molecule has 0 aliphatic carbocycles. The predicted octanol–water partition coefficient (Wildman–Crippen LogP) is 6.01. The lowest BCUT2D eigenvalue weighted by molar-refractivity contribution is 0.594. The maximum absolute atomic E-state index is 2.49. The number of rotatable bonds is 3. The highest BCUT2D eigenvalue weighted by Gasteiger charge is 2.33. The van der Waals surface area contributed by atoms with Crippen molar-refractivity contribution in [2.45, 2.75) is 20.0 Å². The van der Waals surface area contributed by atoms with Crippen molar-refractivity contribution in [1.29, 1.82) is 0 Å². The van der Waals surface area contributed by atoms with E-state index in [9.17, 15) is 0 Å². The van der Waals surface area contributed by atoms with E-state index in [1.54, 1.807) is 0 Å². The first kappa shape index (κ1) is 16.5. The number of anilines is 2. The Labute approximate surface area is 156 Å². The molecule has 0 bridgehead atoms. The van der Waals surface area contributed by atoms with Gasteiger partial charge in [0, 0.05) is 23.6 Å². The lowest BCUT2D eigenvalue weighted by Crippen LogP contribution is -2.46. The van der Waals surface area contributed by atoms with Gasteiger partial charge in [-0.2, -0.15) is 0 Å². The van der Waals surface area contributed by atoms with E-state index in [1.807, 2.05) is 0 Å². The first-order valence-corrected chi connectivity index (χ1v) is 9.13. The van der Waals surface area contributed by atoms with Crippen LogP contribution in [0.4, 0.5) is 11.4 Å². The summed E-state index contributed by atoms with van der Waals surface area (Å²) >= 11 is 0. The van der Waals surface area contributed by atoms with E-state index >= 15 is 0 Å². The summed E-state index contributed by atoms with van der Waals surface area (Å²) < 4.78 is 0. The quantitative estimate of drug-likeness (QED) is 0.576. The molecule has 3 aromatic rings. The minimum Gasteiger partial charge on any atom is -0.343 e. The van der Waals surface area contributed by atoms with Gasteiger partial charge in [0.1, 0.15) is 6.17 Å². The van der Waals surface area contributed by atoms with E-state index in [0.717, 1.165) is 6.54 Å². The smallest absolute Gasteiger partial charge is 0.132 e. The molecule has 0 N–H and O–H groups in total. The SMILES string of the molecule is CC1=C(C)N(c2ccccc2)C(c2ccccc2)N(c2ccccc2)C1. The van der Waals surface area contributed by atoms with E-state index < -0.39 is 0 Å². The second-order valence-electron chi connectivity index (χ2n) is 6.82. The summed E-state index contributed by atoms with van der Waals surface area (Å²) in [5.74, 6) is 0. The fourth-order valence-corrected chi connectivity index (χ4v) is 3.71. The van der Waals surface area contributed by atoms with Gasteiger partial charge in [0.2, 0.25) is 0 Å². The zero-order valence-electron chi connectivity index (χ0n) is 15.3. The van der Waals surface area contributed by atoms with Crippen molar-refractivity contribution < 1.29 is 0 Å². The number of allylic oxidation sites excluding steroid dienone is 1. The zero-order valence-corrected chi connectivity index (χ0v) is 15.3. The topological polar surface area (TPSA) is 6.48 Å². The Morgan fingerprint density at radius 1 is 0.654 bits per heavy atom. The van der Waals surface area contributed by atoms with E-state index in [-0.39, 0.29) is 6.17 Å². The molecule has 2 heteroatoms. The Kier molecular flexibility index (Phi) is 4.49. The van der Waals surface area contributed by atoms with Crippen molar-refractivity contribution in [1.82, 2.24) is 0 Å². The number of para-hydroxylation sites is 2. The molecule has 1 aliphatic heterocycles. The molecule has 1 aliphatic rings. The normalized spacial score (nSPS) is 17.5. The maximum atomic E-state index is 2.49. The lowest BCUT2D eigenvalue weighted by Gasteiger charge is -2.47.